The van der Waals surface area contributed by atoms with E-state index in [2.05, 4.69) is 0 Å². The Balaban J connectivity index is 2.84. The summed E-state index contributed by atoms with van der Waals surface area (Å²) in [6.07, 6.45) is 0.626. The zero-order valence-electron chi connectivity index (χ0n) is 7.92. The summed E-state index contributed by atoms with van der Waals surface area (Å²) in [4.78, 5) is 10.8. The topological polar surface area (TPSA) is 57.5 Å². The fraction of sp³-hybridized carbons (Fsp3) is 0. The molecule has 0 aliphatic rings. The lowest BCUT2D eigenvalue weighted by atomic mass is 9.74. The first kappa shape index (κ1) is 9.89. The highest BCUT2D eigenvalue weighted by Gasteiger charge is 2.18. The summed E-state index contributed by atoms with van der Waals surface area (Å²) < 4.78 is 0. The minimum atomic E-state index is -1.63. The highest BCUT2D eigenvalue weighted by molar-refractivity contribution is 6.63. The molecule has 15 heavy (non-hydrogen) atoms. The lowest BCUT2D eigenvalue weighted by Gasteiger charge is -2.07. The van der Waals surface area contributed by atoms with Gasteiger partial charge < -0.3 is 10.0 Å². The van der Waals surface area contributed by atoms with Gasteiger partial charge in [-0.25, -0.2) is 0 Å². The van der Waals surface area contributed by atoms with E-state index in [1.807, 2.05) is 12.1 Å². The molecule has 74 valence electrons. The summed E-state index contributed by atoms with van der Waals surface area (Å²) >= 11 is 0. The van der Waals surface area contributed by atoms with E-state index in [1.165, 1.54) is 0 Å². The molecule has 0 bridgehead atoms. The molecule has 0 saturated heterocycles. The average Bonchev–Trinajstić information content (AvgIpc) is 2.27. The Kier molecular flexibility index (Phi) is 2.54. The molecule has 2 aromatic carbocycles. The normalized spacial score (nSPS) is 10.3. The quantitative estimate of drug-likeness (QED) is 0.542. The van der Waals surface area contributed by atoms with Gasteiger partial charge in [-0.05, 0) is 10.8 Å². The van der Waals surface area contributed by atoms with Crippen molar-refractivity contribution in [3.05, 3.63) is 42.0 Å². The van der Waals surface area contributed by atoms with Gasteiger partial charge in [0.05, 0.1) is 0 Å². The minimum Gasteiger partial charge on any atom is -0.423 e. The van der Waals surface area contributed by atoms with Crippen molar-refractivity contribution in [3.8, 4) is 0 Å². The molecule has 0 amide bonds. The van der Waals surface area contributed by atoms with E-state index in [0.29, 0.717) is 17.2 Å². The monoisotopic (exact) mass is 200 g/mol. The SMILES string of the molecule is O=Cc1ccc2ccccc2c1B(O)O. The van der Waals surface area contributed by atoms with Crippen LogP contribution in [-0.4, -0.2) is 23.5 Å². The Morgan fingerprint density at radius 1 is 1.07 bits per heavy atom. The Labute approximate surface area is 87.1 Å². The molecular formula is C11H9BO3. The summed E-state index contributed by atoms with van der Waals surface area (Å²) in [7, 11) is -1.63. The molecule has 0 aliphatic heterocycles. The van der Waals surface area contributed by atoms with Gasteiger partial charge in [-0.15, -0.1) is 0 Å². The van der Waals surface area contributed by atoms with Crippen LogP contribution in [0.25, 0.3) is 10.8 Å². The van der Waals surface area contributed by atoms with E-state index in [1.54, 1.807) is 24.3 Å². The van der Waals surface area contributed by atoms with Crippen LogP contribution in [0.5, 0.6) is 0 Å². The molecule has 0 spiro atoms. The minimum absolute atomic E-state index is 0.267. The van der Waals surface area contributed by atoms with E-state index in [9.17, 15) is 14.8 Å². The predicted molar refractivity (Wildman–Crippen MR) is 59.2 cm³/mol. The van der Waals surface area contributed by atoms with Gasteiger partial charge in [-0.2, -0.15) is 0 Å². The molecule has 0 atom stereocenters. The molecule has 0 aromatic heterocycles. The molecule has 2 aromatic rings. The van der Waals surface area contributed by atoms with Gasteiger partial charge in [0.2, 0.25) is 0 Å². The summed E-state index contributed by atoms with van der Waals surface area (Å²) in [5.41, 5.74) is 0.576. The van der Waals surface area contributed by atoms with Gasteiger partial charge in [0.1, 0.15) is 6.29 Å². The van der Waals surface area contributed by atoms with Crippen LogP contribution in [0.2, 0.25) is 0 Å². The number of fused-ring (bicyclic) bond motifs is 1. The molecule has 3 nitrogen and oxygen atoms in total. The molecule has 0 unspecified atom stereocenters. The van der Waals surface area contributed by atoms with Crippen molar-refractivity contribution in [2.24, 2.45) is 0 Å². The van der Waals surface area contributed by atoms with Crippen LogP contribution in [0.4, 0.5) is 0 Å². The van der Waals surface area contributed by atoms with E-state index >= 15 is 0 Å². The highest BCUT2D eigenvalue weighted by Crippen LogP contribution is 2.13. The van der Waals surface area contributed by atoms with E-state index < -0.39 is 7.12 Å². The van der Waals surface area contributed by atoms with Crippen molar-refractivity contribution in [1.29, 1.82) is 0 Å². The molecular weight excluding hydrogens is 191 g/mol. The zero-order valence-corrected chi connectivity index (χ0v) is 7.92. The van der Waals surface area contributed by atoms with E-state index in [-0.39, 0.29) is 5.46 Å². The van der Waals surface area contributed by atoms with Crippen LogP contribution >= 0.6 is 0 Å². The van der Waals surface area contributed by atoms with Crippen LogP contribution in [-0.2, 0) is 0 Å². The fourth-order valence-electron chi connectivity index (χ4n) is 1.70. The van der Waals surface area contributed by atoms with E-state index in [0.717, 1.165) is 5.39 Å². The third-order valence-electron chi connectivity index (χ3n) is 2.39. The first-order valence-electron chi connectivity index (χ1n) is 4.57. The third-order valence-corrected chi connectivity index (χ3v) is 2.39. The number of carbonyl (C=O) groups excluding carboxylic acids is 1. The zero-order chi connectivity index (χ0) is 10.8. The summed E-state index contributed by atoms with van der Waals surface area (Å²) in [5.74, 6) is 0. The summed E-state index contributed by atoms with van der Waals surface area (Å²) in [6.45, 7) is 0. The van der Waals surface area contributed by atoms with E-state index in [4.69, 9.17) is 0 Å². The van der Waals surface area contributed by atoms with Gasteiger partial charge in [0.15, 0.2) is 0 Å². The van der Waals surface area contributed by atoms with Crippen molar-refractivity contribution in [2.45, 2.75) is 0 Å². The second kappa shape index (κ2) is 3.84. The van der Waals surface area contributed by atoms with Gasteiger partial charge in [0, 0.05) is 11.0 Å². The highest BCUT2D eigenvalue weighted by atomic mass is 16.4. The third kappa shape index (κ3) is 1.65. The average molecular weight is 200 g/mol. The molecule has 0 fully saturated rings. The van der Waals surface area contributed by atoms with Crippen LogP contribution in [0.15, 0.2) is 36.4 Å². The van der Waals surface area contributed by atoms with Crippen LogP contribution < -0.4 is 5.46 Å². The van der Waals surface area contributed by atoms with Crippen LogP contribution in [0.3, 0.4) is 0 Å². The largest absolute Gasteiger partial charge is 0.489 e. The van der Waals surface area contributed by atoms with Crippen molar-refractivity contribution in [1.82, 2.24) is 0 Å². The van der Waals surface area contributed by atoms with Gasteiger partial charge >= 0.3 is 7.12 Å². The smallest absolute Gasteiger partial charge is 0.423 e. The van der Waals surface area contributed by atoms with Gasteiger partial charge in [0.25, 0.3) is 0 Å². The van der Waals surface area contributed by atoms with Gasteiger partial charge in [-0.1, -0.05) is 36.4 Å². The maximum Gasteiger partial charge on any atom is 0.489 e. The van der Waals surface area contributed by atoms with Crippen molar-refractivity contribution >= 4 is 29.6 Å². The van der Waals surface area contributed by atoms with Crippen molar-refractivity contribution in [3.63, 3.8) is 0 Å². The molecule has 0 aliphatic carbocycles. The number of hydrogen-bond donors (Lipinski definition) is 2. The number of benzene rings is 2. The molecule has 2 N–H and O–H groups in total. The first-order chi connectivity index (χ1) is 7.24. The summed E-state index contributed by atoms with van der Waals surface area (Å²) in [6, 6.07) is 10.6. The maximum absolute atomic E-state index is 10.8. The van der Waals surface area contributed by atoms with Gasteiger partial charge in [-0.3, -0.25) is 4.79 Å². The molecule has 2 rings (SSSR count). The lowest BCUT2D eigenvalue weighted by Crippen LogP contribution is -2.33. The predicted octanol–water partition coefficient (Wildman–Crippen LogP) is 0.332. The number of hydrogen-bond acceptors (Lipinski definition) is 3. The Morgan fingerprint density at radius 3 is 2.47 bits per heavy atom. The molecule has 4 heteroatoms. The Hall–Kier alpha value is -1.65. The number of carbonyl (C=O) groups is 1. The summed E-state index contributed by atoms with van der Waals surface area (Å²) in [5, 5.41) is 20.0. The molecule has 0 heterocycles. The second-order valence-electron chi connectivity index (χ2n) is 3.28. The molecule has 0 radical (unpaired) electrons. The first-order valence-corrected chi connectivity index (χ1v) is 4.57. The Bertz CT molecular complexity index is 508. The fourth-order valence-corrected chi connectivity index (χ4v) is 1.70. The van der Waals surface area contributed by atoms with Crippen molar-refractivity contribution in [2.75, 3.05) is 0 Å². The standard InChI is InChI=1S/C11H9BO3/c13-7-9-6-5-8-3-1-2-4-10(8)11(9)12(14)15/h1-7,14-15H. The molecule has 0 saturated carbocycles. The lowest BCUT2D eigenvalue weighted by molar-refractivity contribution is 0.112. The maximum atomic E-state index is 10.8. The Morgan fingerprint density at radius 2 is 1.80 bits per heavy atom. The second-order valence-corrected chi connectivity index (χ2v) is 3.28. The van der Waals surface area contributed by atoms with Crippen LogP contribution in [0, 0.1) is 0 Å². The van der Waals surface area contributed by atoms with Crippen LogP contribution in [0.1, 0.15) is 10.4 Å². The number of aldehydes is 1. The number of rotatable bonds is 2. The van der Waals surface area contributed by atoms with Crippen molar-refractivity contribution < 1.29 is 14.8 Å².